The van der Waals surface area contributed by atoms with Gasteiger partial charge in [-0.05, 0) is 37.8 Å². The maximum atomic E-state index is 13.0. The van der Waals surface area contributed by atoms with Crippen LogP contribution in [0.3, 0.4) is 0 Å². The quantitative estimate of drug-likeness (QED) is 0.0689. The zero-order valence-electron chi connectivity index (χ0n) is 25.4. The third-order valence-electron chi connectivity index (χ3n) is 8.02. The molecule has 3 aromatic carbocycles. The van der Waals surface area contributed by atoms with Gasteiger partial charge in [0, 0.05) is 34.4 Å². The van der Waals surface area contributed by atoms with Crippen molar-refractivity contribution in [1.82, 2.24) is 0 Å². The Labute approximate surface area is 241 Å². The number of carbonyl (C=O) groups is 2. The number of fused-ring (bicyclic) bond motifs is 2. The molecule has 0 radical (unpaired) electrons. The van der Waals surface area contributed by atoms with E-state index >= 15 is 0 Å². The highest BCUT2D eigenvalue weighted by Crippen LogP contribution is 2.45. The highest BCUT2D eigenvalue weighted by atomic mass is 16.5. The fourth-order valence-corrected chi connectivity index (χ4v) is 5.46. The minimum Gasteiger partial charge on any atom is -0.425 e. The number of unbranched alkanes of at least 4 members (excludes halogenated alkanes) is 12. The van der Waals surface area contributed by atoms with Crippen LogP contribution in [0, 0.1) is 13.8 Å². The lowest BCUT2D eigenvalue weighted by Crippen LogP contribution is -2.11. The van der Waals surface area contributed by atoms with Gasteiger partial charge < -0.3 is 9.47 Å². The predicted molar refractivity (Wildman–Crippen MR) is 167 cm³/mol. The van der Waals surface area contributed by atoms with Gasteiger partial charge in [0.1, 0.15) is 11.5 Å². The average molecular weight is 547 g/mol. The Balaban J connectivity index is 1.79. The van der Waals surface area contributed by atoms with E-state index in [4.69, 9.17) is 9.47 Å². The molecule has 0 aromatic heterocycles. The highest BCUT2D eigenvalue weighted by molar-refractivity contribution is 6.14. The molecule has 0 fully saturated rings. The van der Waals surface area contributed by atoms with Crippen LogP contribution in [0.2, 0.25) is 0 Å². The van der Waals surface area contributed by atoms with Gasteiger partial charge in [-0.25, -0.2) is 0 Å². The number of ether oxygens (including phenoxy) is 2. The van der Waals surface area contributed by atoms with Crippen molar-refractivity contribution in [2.24, 2.45) is 0 Å². The third kappa shape index (κ3) is 9.08. The lowest BCUT2D eigenvalue weighted by atomic mass is 9.95. The Morgan fingerprint density at radius 2 is 1.00 bits per heavy atom. The van der Waals surface area contributed by atoms with E-state index in [2.05, 4.69) is 20.8 Å². The fraction of sp³-hybridized carbons (Fsp3) is 0.556. The van der Waals surface area contributed by atoms with E-state index in [1.165, 1.54) is 51.4 Å². The Morgan fingerprint density at radius 3 is 1.52 bits per heavy atom. The molecule has 0 amide bonds. The van der Waals surface area contributed by atoms with E-state index in [1.807, 2.05) is 43.3 Å². The number of aryl methyl sites for hydroxylation is 2. The average Bonchev–Trinajstić information content (AvgIpc) is 2.95. The van der Waals surface area contributed by atoms with E-state index in [0.717, 1.165) is 71.2 Å². The molecule has 0 unspecified atom stereocenters. The summed E-state index contributed by atoms with van der Waals surface area (Å²) in [5.41, 5.74) is 2.14. The van der Waals surface area contributed by atoms with Crippen LogP contribution in [0.25, 0.3) is 21.5 Å². The molecule has 0 spiro atoms. The van der Waals surface area contributed by atoms with Crippen LogP contribution >= 0.6 is 0 Å². The van der Waals surface area contributed by atoms with E-state index in [-0.39, 0.29) is 11.9 Å². The smallest absolute Gasteiger partial charge is 0.311 e. The van der Waals surface area contributed by atoms with Gasteiger partial charge in [-0.1, -0.05) is 127 Å². The first-order valence-electron chi connectivity index (χ1n) is 15.8. The van der Waals surface area contributed by atoms with Gasteiger partial charge in [0.15, 0.2) is 0 Å². The molecule has 0 aliphatic heterocycles. The van der Waals surface area contributed by atoms with E-state index < -0.39 is 0 Å². The second-order valence-electron chi connectivity index (χ2n) is 11.3. The first-order chi connectivity index (χ1) is 19.5. The second-order valence-corrected chi connectivity index (χ2v) is 11.3. The first-order valence-corrected chi connectivity index (χ1v) is 15.8. The summed E-state index contributed by atoms with van der Waals surface area (Å²) in [5, 5.41) is 3.26. The molecule has 3 rings (SSSR count). The van der Waals surface area contributed by atoms with Gasteiger partial charge in [-0.3, -0.25) is 9.59 Å². The van der Waals surface area contributed by atoms with Crippen molar-refractivity contribution in [3.8, 4) is 11.5 Å². The van der Waals surface area contributed by atoms with Crippen molar-refractivity contribution in [1.29, 1.82) is 0 Å². The summed E-state index contributed by atoms with van der Waals surface area (Å²) in [4.78, 5) is 26.0. The van der Waals surface area contributed by atoms with Crippen molar-refractivity contribution in [3.63, 3.8) is 0 Å². The number of benzene rings is 3. The normalized spacial score (nSPS) is 11.3. The molecule has 0 saturated carbocycles. The molecular weight excluding hydrogens is 496 g/mol. The largest absolute Gasteiger partial charge is 0.425 e. The molecule has 0 saturated heterocycles. The summed E-state index contributed by atoms with van der Waals surface area (Å²) in [6, 6.07) is 11.8. The molecule has 0 N–H and O–H groups in total. The molecule has 0 heterocycles. The van der Waals surface area contributed by atoms with Crippen LogP contribution in [0.1, 0.15) is 128 Å². The summed E-state index contributed by atoms with van der Waals surface area (Å²) in [7, 11) is 0. The number of hydrogen-bond acceptors (Lipinski definition) is 4. The van der Waals surface area contributed by atoms with Gasteiger partial charge in [0.25, 0.3) is 0 Å². The standard InChI is InChI=1S/C36H50O4/c1-5-7-9-11-13-15-17-23-32(37)39-35-29-21-19-20-22-30(29)36(34-28(4)27(3)25-26-31(34)35)40-33(38)24-18-16-14-12-10-8-6-2/h19-22,25-26H,5-18,23-24H2,1-4H3. The Bertz CT molecular complexity index is 1240. The Kier molecular flexibility index (Phi) is 13.5. The summed E-state index contributed by atoms with van der Waals surface area (Å²) in [6.07, 6.45) is 17.0. The van der Waals surface area contributed by atoms with E-state index in [1.54, 1.807) is 0 Å². The van der Waals surface area contributed by atoms with Crippen LogP contribution in [-0.4, -0.2) is 11.9 Å². The summed E-state index contributed by atoms with van der Waals surface area (Å²) in [6.45, 7) is 8.55. The second kappa shape index (κ2) is 17.0. The molecule has 4 heteroatoms. The summed E-state index contributed by atoms with van der Waals surface area (Å²) >= 11 is 0. The zero-order valence-corrected chi connectivity index (χ0v) is 25.4. The molecule has 0 atom stereocenters. The number of carbonyl (C=O) groups excluding carboxylic acids is 2. The maximum absolute atomic E-state index is 13.0. The fourth-order valence-electron chi connectivity index (χ4n) is 5.46. The van der Waals surface area contributed by atoms with Crippen LogP contribution in [0.15, 0.2) is 36.4 Å². The minimum atomic E-state index is -0.207. The molecule has 40 heavy (non-hydrogen) atoms. The Hall–Kier alpha value is -2.88. The molecule has 3 aromatic rings. The minimum absolute atomic E-state index is 0.204. The van der Waals surface area contributed by atoms with Crippen molar-refractivity contribution in [2.75, 3.05) is 0 Å². The van der Waals surface area contributed by atoms with Crippen molar-refractivity contribution >= 4 is 33.5 Å². The highest BCUT2D eigenvalue weighted by Gasteiger charge is 2.22. The maximum Gasteiger partial charge on any atom is 0.311 e. The van der Waals surface area contributed by atoms with Crippen LogP contribution in [-0.2, 0) is 9.59 Å². The van der Waals surface area contributed by atoms with Gasteiger partial charge in [-0.2, -0.15) is 0 Å². The van der Waals surface area contributed by atoms with Crippen molar-refractivity contribution < 1.29 is 19.1 Å². The van der Waals surface area contributed by atoms with E-state index in [0.29, 0.717) is 24.3 Å². The molecule has 218 valence electrons. The van der Waals surface area contributed by atoms with Gasteiger partial charge in [0.2, 0.25) is 0 Å². The van der Waals surface area contributed by atoms with Crippen molar-refractivity contribution in [2.45, 2.75) is 130 Å². The monoisotopic (exact) mass is 546 g/mol. The van der Waals surface area contributed by atoms with Crippen LogP contribution in [0.5, 0.6) is 11.5 Å². The molecule has 0 aliphatic carbocycles. The van der Waals surface area contributed by atoms with Gasteiger partial charge >= 0.3 is 11.9 Å². The number of rotatable bonds is 18. The Morgan fingerprint density at radius 1 is 0.550 bits per heavy atom. The molecule has 4 nitrogen and oxygen atoms in total. The first kappa shape index (κ1) is 31.6. The van der Waals surface area contributed by atoms with Crippen LogP contribution in [0.4, 0.5) is 0 Å². The van der Waals surface area contributed by atoms with Crippen LogP contribution < -0.4 is 9.47 Å². The SMILES string of the molecule is CCCCCCCCCC(=O)Oc1c2ccccc2c(OC(=O)CCCCCCCCC)c2c(C)c(C)ccc12. The zero-order chi connectivity index (χ0) is 28.7. The van der Waals surface area contributed by atoms with Crippen molar-refractivity contribution in [3.05, 3.63) is 47.5 Å². The molecule has 0 aliphatic rings. The summed E-state index contributed by atoms with van der Waals surface area (Å²) < 4.78 is 12.2. The number of hydrogen-bond donors (Lipinski definition) is 0. The van der Waals surface area contributed by atoms with Gasteiger partial charge in [0.05, 0.1) is 0 Å². The molecule has 0 bridgehead atoms. The predicted octanol–water partition coefficient (Wildman–Crippen LogP) is 10.7. The molecular formula is C36H50O4. The van der Waals surface area contributed by atoms with Gasteiger partial charge in [-0.15, -0.1) is 0 Å². The summed E-state index contributed by atoms with van der Waals surface area (Å²) in [5.74, 6) is 0.728. The van der Waals surface area contributed by atoms with E-state index in [9.17, 15) is 9.59 Å². The lowest BCUT2D eigenvalue weighted by Gasteiger charge is -2.19. The third-order valence-corrected chi connectivity index (χ3v) is 8.02. The number of esters is 2. The topological polar surface area (TPSA) is 52.6 Å². The lowest BCUT2D eigenvalue weighted by molar-refractivity contribution is -0.135.